The third-order valence-corrected chi connectivity index (χ3v) is 9.44. The minimum Gasteiger partial charge on any atom is -0.488 e. The molecule has 4 N–H and O–H groups in total. The maximum Gasteiger partial charge on any atom is 0.303 e. The lowest BCUT2D eigenvalue weighted by molar-refractivity contribution is -0.137. The molecular weight excluding hydrogens is 734 g/mol. The number of nitrogens with zero attached hydrogens (tertiary/aromatic N) is 3. The molecule has 2 heterocycles. The van der Waals surface area contributed by atoms with Crippen molar-refractivity contribution in [2.24, 2.45) is 0 Å². The van der Waals surface area contributed by atoms with Crippen molar-refractivity contribution in [3.63, 3.8) is 0 Å². The Morgan fingerprint density at radius 1 is 0.821 bits per heavy atom. The molecule has 12 nitrogen and oxygen atoms in total. The van der Waals surface area contributed by atoms with Gasteiger partial charge in [-0.25, -0.2) is 0 Å². The molecule has 0 amide bonds. The van der Waals surface area contributed by atoms with Gasteiger partial charge in [0.15, 0.2) is 0 Å². The van der Waals surface area contributed by atoms with E-state index in [-0.39, 0.29) is 26.2 Å². The number of methoxy groups -OCH3 is 1. The molecule has 0 radical (unpaired) electrons. The highest BCUT2D eigenvalue weighted by Crippen LogP contribution is 2.36. The normalized spacial score (nSPS) is 10.9. The van der Waals surface area contributed by atoms with Crippen molar-refractivity contribution in [2.45, 2.75) is 59.6 Å². The number of aliphatic hydroxyl groups excluding tert-OH is 1. The van der Waals surface area contributed by atoms with Crippen LogP contribution in [-0.2, 0) is 37.7 Å². The second kappa shape index (κ2) is 20.8. The maximum absolute atomic E-state index is 10.9. The van der Waals surface area contributed by atoms with E-state index in [1.807, 2.05) is 36.4 Å². The number of hydrogen-bond donors (Lipinski definition) is 4. The van der Waals surface area contributed by atoms with Crippen molar-refractivity contribution in [3.8, 4) is 40.5 Å². The van der Waals surface area contributed by atoms with Gasteiger partial charge in [0, 0.05) is 67.3 Å². The van der Waals surface area contributed by atoms with Gasteiger partial charge in [-0.15, -0.1) is 0 Å². The van der Waals surface area contributed by atoms with Crippen LogP contribution in [0.4, 0.5) is 0 Å². The number of hydrogen-bond acceptors (Lipinski definition) is 11. The van der Waals surface area contributed by atoms with Crippen LogP contribution in [0.3, 0.4) is 0 Å². The zero-order valence-electron chi connectivity index (χ0n) is 31.7. The second-order valence-corrected chi connectivity index (χ2v) is 13.4. The van der Waals surface area contributed by atoms with E-state index in [9.17, 15) is 10.1 Å². The highest BCUT2D eigenvalue weighted by Gasteiger charge is 2.16. The molecule has 0 atom stereocenters. The maximum atomic E-state index is 10.9. The van der Waals surface area contributed by atoms with Crippen LogP contribution in [0, 0.1) is 25.2 Å². The first-order valence-electron chi connectivity index (χ1n) is 18.2. The molecule has 13 heteroatoms. The van der Waals surface area contributed by atoms with Crippen LogP contribution in [0.5, 0.6) is 23.3 Å². The molecule has 292 valence electrons. The first kappa shape index (κ1) is 41.5. The number of carboxylic acid groups (broad SMARTS) is 1. The molecule has 0 unspecified atom stereocenters. The van der Waals surface area contributed by atoms with Crippen LogP contribution < -0.4 is 29.6 Å². The summed E-state index contributed by atoms with van der Waals surface area (Å²) in [6.07, 6.45) is 3.69. The van der Waals surface area contributed by atoms with Gasteiger partial charge >= 0.3 is 5.97 Å². The van der Waals surface area contributed by atoms with Gasteiger partial charge in [-0.1, -0.05) is 48.0 Å². The van der Waals surface area contributed by atoms with Crippen LogP contribution in [-0.4, -0.2) is 53.0 Å². The number of nitriles is 1. The van der Waals surface area contributed by atoms with Crippen molar-refractivity contribution in [3.05, 3.63) is 129 Å². The van der Waals surface area contributed by atoms with E-state index < -0.39 is 5.97 Å². The monoisotopic (exact) mass is 779 g/mol. The Hall–Kier alpha value is -5.71. The lowest BCUT2D eigenvalue weighted by atomic mass is 9.92. The highest BCUT2D eigenvalue weighted by atomic mass is 35.5. The molecule has 3 aromatic carbocycles. The predicted octanol–water partition coefficient (Wildman–Crippen LogP) is 7.07. The molecule has 0 saturated heterocycles. The summed E-state index contributed by atoms with van der Waals surface area (Å²) in [6, 6.07) is 23.4. The molecule has 0 bridgehead atoms. The summed E-state index contributed by atoms with van der Waals surface area (Å²) < 4.78 is 24.2. The second-order valence-electron chi connectivity index (χ2n) is 13.0. The fourth-order valence-electron chi connectivity index (χ4n) is 6.05. The molecule has 0 aliphatic heterocycles. The van der Waals surface area contributed by atoms with Crippen molar-refractivity contribution < 1.29 is 34.0 Å². The van der Waals surface area contributed by atoms with Crippen LogP contribution in [0.2, 0.25) is 5.02 Å². The fraction of sp³-hybridized carbons (Fsp3) is 0.302. The minimum absolute atomic E-state index is 0.0502. The number of aromatic nitrogens is 2. The Morgan fingerprint density at radius 3 is 2.18 bits per heavy atom. The van der Waals surface area contributed by atoms with Gasteiger partial charge < -0.3 is 39.8 Å². The molecule has 56 heavy (non-hydrogen) atoms. The summed E-state index contributed by atoms with van der Waals surface area (Å²) in [5, 5.41) is 34.1. The zero-order chi connectivity index (χ0) is 39.9. The van der Waals surface area contributed by atoms with E-state index in [0.29, 0.717) is 73.1 Å². The Bertz CT molecular complexity index is 2160. The van der Waals surface area contributed by atoms with E-state index in [4.69, 9.17) is 40.8 Å². The van der Waals surface area contributed by atoms with Crippen LogP contribution in [0.15, 0.2) is 79.1 Å². The van der Waals surface area contributed by atoms with Crippen LogP contribution in [0.1, 0.15) is 57.3 Å². The SMILES string of the molecule is COc1nc(OCc2cccc(-c3cccc(COc4cc(OCc5cncc(C#N)c5)c(CNCCCC(=O)O)cc4Cl)c3C)c2C)ccc1CNCCO. The predicted molar refractivity (Wildman–Crippen MR) is 213 cm³/mol. The largest absolute Gasteiger partial charge is 0.488 e. The Kier molecular flexibility index (Phi) is 15.4. The quantitative estimate of drug-likeness (QED) is 0.0561. The summed E-state index contributed by atoms with van der Waals surface area (Å²) in [5.74, 6) is 1.06. The summed E-state index contributed by atoms with van der Waals surface area (Å²) in [4.78, 5) is 19.6. The average Bonchev–Trinajstić information content (AvgIpc) is 3.20. The van der Waals surface area contributed by atoms with Gasteiger partial charge in [-0.05, 0) is 78.4 Å². The molecule has 0 aliphatic carbocycles. The van der Waals surface area contributed by atoms with Crippen LogP contribution >= 0.6 is 11.6 Å². The summed E-state index contributed by atoms with van der Waals surface area (Å²) >= 11 is 6.77. The van der Waals surface area contributed by atoms with Gasteiger partial charge in [0.1, 0.15) is 37.4 Å². The first-order valence-corrected chi connectivity index (χ1v) is 18.6. The molecule has 0 saturated carbocycles. The molecule has 0 fully saturated rings. The first-order chi connectivity index (χ1) is 27.2. The minimum atomic E-state index is -0.842. The Morgan fingerprint density at radius 2 is 1.50 bits per heavy atom. The molecule has 5 rings (SSSR count). The number of rotatable bonds is 21. The standard InChI is InChI=1S/C43H46ClN5O7/c1-28-33(7-4-9-36(28)37-10-5-8-34(29(37)2)27-56-41-13-12-32(23-47-15-16-50)43(49-41)53-3)26-55-40-19-39(54-25-31-17-30(20-45)21-48-22-31)35(18-38(40)44)24-46-14-6-11-42(51)52/h4-5,7-10,12-13,17-19,21-22,46-47,50H,6,11,14-16,23-27H2,1-3H3,(H,51,52). The molecular formula is C43H46ClN5O7. The lowest BCUT2D eigenvalue weighted by Gasteiger charge is -2.18. The van der Waals surface area contributed by atoms with E-state index in [1.54, 1.807) is 31.5 Å². The highest BCUT2D eigenvalue weighted by molar-refractivity contribution is 6.32. The number of aliphatic carboxylic acids is 1. The number of aliphatic hydroxyl groups is 1. The number of nitrogens with one attached hydrogen (secondary N) is 2. The van der Waals surface area contributed by atoms with Crippen molar-refractivity contribution in [1.82, 2.24) is 20.6 Å². The number of halogens is 1. The summed E-state index contributed by atoms with van der Waals surface area (Å²) in [6.45, 7) is 6.84. The van der Waals surface area contributed by atoms with Crippen LogP contribution in [0.25, 0.3) is 11.1 Å². The third kappa shape index (κ3) is 11.4. The summed E-state index contributed by atoms with van der Waals surface area (Å²) in [7, 11) is 1.57. The van der Waals surface area contributed by atoms with E-state index in [2.05, 4.69) is 52.7 Å². The van der Waals surface area contributed by atoms with Crippen molar-refractivity contribution in [2.75, 3.05) is 26.8 Å². The molecule has 0 spiro atoms. The van der Waals surface area contributed by atoms with Gasteiger partial charge in [-0.2, -0.15) is 10.2 Å². The molecule has 2 aromatic heterocycles. The number of pyridine rings is 2. The van der Waals surface area contributed by atoms with Gasteiger partial charge in [-0.3, -0.25) is 9.78 Å². The van der Waals surface area contributed by atoms with E-state index in [1.165, 1.54) is 6.20 Å². The van der Waals surface area contributed by atoms with Gasteiger partial charge in [0.25, 0.3) is 0 Å². The fourth-order valence-corrected chi connectivity index (χ4v) is 6.29. The Labute approximate surface area is 332 Å². The third-order valence-electron chi connectivity index (χ3n) is 9.14. The van der Waals surface area contributed by atoms with Crippen molar-refractivity contribution in [1.29, 1.82) is 5.26 Å². The summed E-state index contributed by atoms with van der Waals surface area (Å²) in [5.41, 5.74) is 9.09. The number of carbonyl (C=O) groups is 1. The number of carboxylic acids is 1. The Balaban J connectivity index is 1.30. The van der Waals surface area contributed by atoms with E-state index >= 15 is 0 Å². The molecule has 5 aromatic rings. The topological polar surface area (TPSA) is 168 Å². The average molecular weight is 780 g/mol. The lowest BCUT2D eigenvalue weighted by Crippen LogP contribution is -2.18. The van der Waals surface area contributed by atoms with E-state index in [0.717, 1.165) is 50.1 Å². The smallest absolute Gasteiger partial charge is 0.303 e. The number of ether oxygens (including phenoxy) is 4. The van der Waals surface area contributed by atoms with Crippen molar-refractivity contribution >= 4 is 17.6 Å². The van der Waals surface area contributed by atoms with Gasteiger partial charge in [0.05, 0.1) is 24.3 Å². The molecule has 0 aliphatic rings. The zero-order valence-corrected chi connectivity index (χ0v) is 32.5. The number of benzene rings is 3. The van der Waals surface area contributed by atoms with Gasteiger partial charge in [0.2, 0.25) is 11.8 Å².